The molecule has 6 nitrogen and oxygen atoms in total. The van der Waals surface area contributed by atoms with Crippen molar-refractivity contribution in [1.29, 1.82) is 0 Å². The molecule has 1 amide bonds. The third-order valence-electron chi connectivity index (χ3n) is 3.50. The molecule has 1 aliphatic rings. The Labute approximate surface area is 119 Å². The van der Waals surface area contributed by atoms with Crippen molar-refractivity contribution in [2.75, 3.05) is 44.7 Å². The maximum Gasteiger partial charge on any atom is 0.217 e. The standard InChI is InChI=1S/C14H22N4O2/c1-11(20)15-13(10-19)12-4-3-5-14(16-12)18-8-6-17(2)7-9-18/h3-5,13,19H,6-10H2,1-2H3,(H,15,20)/t13-/m1/s1. The van der Waals surface area contributed by atoms with Crippen LogP contribution in [0.1, 0.15) is 18.7 Å². The van der Waals surface area contributed by atoms with Crippen molar-refractivity contribution in [1.82, 2.24) is 15.2 Å². The van der Waals surface area contributed by atoms with E-state index in [1.54, 1.807) is 0 Å². The number of hydrogen-bond acceptors (Lipinski definition) is 5. The van der Waals surface area contributed by atoms with Gasteiger partial charge in [0, 0.05) is 33.1 Å². The number of piperazine rings is 1. The molecule has 1 aromatic rings. The Morgan fingerprint density at radius 3 is 2.70 bits per heavy atom. The topological polar surface area (TPSA) is 68.7 Å². The van der Waals surface area contributed by atoms with Gasteiger partial charge in [-0.3, -0.25) is 4.79 Å². The second kappa shape index (κ2) is 6.67. The van der Waals surface area contributed by atoms with Crippen molar-refractivity contribution in [2.45, 2.75) is 13.0 Å². The fourth-order valence-corrected chi connectivity index (χ4v) is 2.30. The first kappa shape index (κ1) is 14.7. The molecule has 1 fully saturated rings. The maximum atomic E-state index is 11.1. The van der Waals surface area contributed by atoms with E-state index in [1.807, 2.05) is 18.2 Å². The summed E-state index contributed by atoms with van der Waals surface area (Å²) in [6, 6.07) is 5.27. The number of likely N-dealkylation sites (N-methyl/N-ethyl adjacent to an activating group) is 1. The van der Waals surface area contributed by atoms with Crippen LogP contribution < -0.4 is 10.2 Å². The van der Waals surface area contributed by atoms with Crippen LogP contribution in [-0.4, -0.2) is 60.7 Å². The lowest BCUT2D eigenvalue weighted by Gasteiger charge is -2.33. The summed E-state index contributed by atoms with van der Waals surface area (Å²) in [4.78, 5) is 20.2. The summed E-state index contributed by atoms with van der Waals surface area (Å²) < 4.78 is 0. The Bertz CT molecular complexity index is 458. The Balaban J connectivity index is 2.12. The van der Waals surface area contributed by atoms with Gasteiger partial charge in [0.1, 0.15) is 5.82 Å². The van der Waals surface area contributed by atoms with Gasteiger partial charge in [0.05, 0.1) is 18.3 Å². The second-order valence-corrected chi connectivity index (χ2v) is 5.15. The molecule has 0 aliphatic carbocycles. The summed E-state index contributed by atoms with van der Waals surface area (Å²) in [6.45, 7) is 5.20. The number of aliphatic hydroxyl groups excluding tert-OH is 1. The highest BCUT2D eigenvalue weighted by Gasteiger charge is 2.18. The zero-order chi connectivity index (χ0) is 14.5. The van der Waals surface area contributed by atoms with Crippen molar-refractivity contribution in [3.63, 3.8) is 0 Å². The lowest BCUT2D eigenvalue weighted by Crippen LogP contribution is -2.45. The van der Waals surface area contributed by atoms with Crippen LogP contribution >= 0.6 is 0 Å². The van der Waals surface area contributed by atoms with Crippen molar-refractivity contribution < 1.29 is 9.90 Å². The van der Waals surface area contributed by atoms with E-state index in [0.717, 1.165) is 32.0 Å². The minimum Gasteiger partial charge on any atom is -0.394 e. The molecule has 0 saturated carbocycles. The fourth-order valence-electron chi connectivity index (χ4n) is 2.30. The van der Waals surface area contributed by atoms with E-state index >= 15 is 0 Å². The van der Waals surface area contributed by atoms with E-state index < -0.39 is 6.04 Å². The molecular formula is C14H22N4O2. The van der Waals surface area contributed by atoms with Crippen molar-refractivity contribution >= 4 is 11.7 Å². The van der Waals surface area contributed by atoms with Gasteiger partial charge in [-0.05, 0) is 19.2 Å². The van der Waals surface area contributed by atoms with E-state index in [1.165, 1.54) is 6.92 Å². The number of aromatic nitrogens is 1. The third-order valence-corrected chi connectivity index (χ3v) is 3.50. The summed E-state index contributed by atoms with van der Waals surface area (Å²) in [5.41, 5.74) is 0.694. The zero-order valence-electron chi connectivity index (χ0n) is 12.0. The number of pyridine rings is 1. The molecule has 2 heterocycles. The van der Waals surface area contributed by atoms with Crippen LogP contribution in [0.5, 0.6) is 0 Å². The molecule has 2 rings (SSSR count). The van der Waals surface area contributed by atoms with E-state index in [2.05, 4.69) is 27.1 Å². The minimum absolute atomic E-state index is 0.154. The first-order valence-corrected chi connectivity index (χ1v) is 6.88. The number of rotatable bonds is 4. The number of carbonyl (C=O) groups is 1. The predicted octanol–water partition coefficient (Wildman–Crippen LogP) is 0.00290. The number of hydrogen-bond donors (Lipinski definition) is 2. The molecule has 1 atom stereocenters. The zero-order valence-corrected chi connectivity index (χ0v) is 12.0. The van der Waals surface area contributed by atoms with Crippen molar-refractivity contribution in [3.05, 3.63) is 23.9 Å². The predicted molar refractivity (Wildman–Crippen MR) is 77.6 cm³/mol. The SMILES string of the molecule is CC(=O)N[C@H](CO)c1cccc(N2CCN(C)CC2)n1. The average Bonchev–Trinajstić information content (AvgIpc) is 2.45. The third kappa shape index (κ3) is 3.68. The van der Waals surface area contributed by atoms with E-state index in [0.29, 0.717) is 5.69 Å². The van der Waals surface area contributed by atoms with Gasteiger partial charge in [0.2, 0.25) is 5.91 Å². The Kier molecular flexibility index (Phi) is 4.92. The molecule has 1 saturated heterocycles. The van der Waals surface area contributed by atoms with Gasteiger partial charge < -0.3 is 20.2 Å². The van der Waals surface area contributed by atoms with Gasteiger partial charge in [0.25, 0.3) is 0 Å². The Hall–Kier alpha value is -1.66. The monoisotopic (exact) mass is 278 g/mol. The molecule has 0 unspecified atom stereocenters. The normalized spacial score (nSPS) is 17.9. The molecular weight excluding hydrogens is 256 g/mol. The van der Waals surface area contributed by atoms with Crippen LogP contribution in [0.15, 0.2) is 18.2 Å². The first-order valence-electron chi connectivity index (χ1n) is 6.88. The highest BCUT2D eigenvalue weighted by Crippen LogP contribution is 2.17. The summed E-state index contributed by atoms with van der Waals surface area (Å²) in [6.07, 6.45) is 0. The second-order valence-electron chi connectivity index (χ2n) is 5.15. The van der Waals surface area contributed by atoms with Crippen LogP contribution in [0.4, 0.5) is 5.82 Å². The Morgan fingerprint density at radius 1 is 1.40 bits per heavy atom. The maximum absolute atomic E-state index is 11.1. The highest BCUT2D eigenvalue weighted by atomic mass is 16.3. The molecule has 2 N–H and O–H groups in total. The van der Waals surface area contributed by atoms with Crippen molar-refractivity contribution in [3.8, 4) is 0 Å². The summed E-state index contributed by atoms with van der Waals surface area (Å²) >= 11 is 0. The molecule has 0 aromatic carbocycles. The minimum atomic E-state index is -0.445. The molecule has 0 spiro atoms. The van der Waals surface area contributed by atoms with Gasteiger partial charge >= 0.3 is 0 Å². The van der Waals surface area contributed by atoms with E-state index in [4.69, 9.17) is 0 Å². The van der Waals surface area contributed by atoms with Gasteiger partial charge in [-0.2, -0.15) is 0 Å². The highest BCUT2D eigenvalue weighted by molar-refractivity contribution is 5.73. The Morgan fingerprint density at radius 2 is 2.10 bits per heavy atom. The molecule has 0 radical (unpaired) electrons. The molecule has 6 heteroatoms. The number of carbonyl (C=O) groups excluding carboxylic acids is 1. The molecule has 110 valence electrons. The molecule has 20 heavy (non-hydrogen) atoms. The van der Waals surface area contributed by atoms with Crippen LogP contribution in [-0.2, 0) is 4.79 Å². The number of nitrogens with one attached hydrogen (secondary N) is 1. The summed E-state index contributed by atoms with van der Waals surface area (Å²) in [7, 11) is 2.11. The molecule has 1 aliphatic heterocycles. The quantitative estimate of drug-likeness (QED) is 0.811. The van der Waals surface area contributed by atoms with Crippen LogP contribution in [0.25, 0.3) is 0 Å². The van der Waals surface area contributed by atoms with Gasteiger partial charge in [0.15, 0.2) is 0 Å². The van der Waals surface area contributed by atoms with E-state index in [-0.39, 0.29) is 12.5 Å². The molecule has 1 aromatic heterocycles. The molecule has 0 bridgehead atoms. The fraction of sp³-hybridized carbons (Fsp3) is 0.571. The van der Waals surface area contributed by atoms with Gasteiger partial charge in [-0.1, -0.05) is 6.07 Å². The number of anilines is 1. The van der Waals surface area contributed by atoms with Crippen LogP contribution in [0.2, 0.25) is 0 Å². The largest absolute Gasteiger partial charge is 0.394 e. The van der Waals surface area contributed by atoms with E-state index in [9.17, 15) is 9.90 Å². The lowest BCUT2D eigenvalue weighted by atomic mass is 10.2. The lowest BCUT2D eigenvalue weighted by molar-refractivity contribution is -0.120. The van der Waals surface area contributed by atoms with Gasteiger partial charge in [-0.15, -0.1) is 0 Å². The smallest absolute Gasteiger partial charge is 0.217 e. The average molecular weight is 278 g/mol. The summed E-state index contributed by atoms with van der Waals surface area (Å²) in [5.74, 6) is 0.732. The van der Waals surface area contributed by atoms with Crippen LogP contribution in [0, 0.1) is 0 Å². The first-order chi connectivity index (χ1) is 9.60. The van der Waals surface area contributed by atoms with Crippen molar-refractivity contribution in [2.24, 2.45) is 0 Å². The summed E-state index contributed by atoms with van der Waals surface area (Å²) in [5, 5.41) is 12.1. The number of amides is 1. The van der Waals surface area contributed by atoms with Gasteiger partial charge in [-0.25, -0.2) is 4.98 Å². The number of nitrogens with zero attached hydrogens (tertiary/aromatic N) is 3. The number of aliphatic hydroxyl groups is 1. The van der Waals surface area contributed by atoms with Crippen LogP contribution in [0.3, 0.4) is 0 Å².